The number of aryl methyl sites for hydroxylation is 2. The Kier molecular flexibility index (Phi) is 4.53. The Bertz CT molecular complexity index is 791. The van der Waals surface area contributed by atoms with Gasteiger partial charge in [0.2, 0.25) is 10.0 Å². The molecule has 1 aromatic heterocycles. The molecule has 0 amide bonds. The van der Waals surface area contributed by atoms with Gasteiger partial charge in [-0.1, -0.05) is 32.9 Å². The molecule has 130 valence electrons. The lowest BCUT2D eigenvalue weighted by molar-refractivity contribution is 0.576. The standard InChI is InChI=1S/C18H25N3O2S/c1-18(2,3)13-8-10-14(11-9-13)24(22,23)19-12-17-20-15-6-4-5-7-16(15)21-17/h8-11,19H,4-7,12H2,1-3H3,(H,20,21). The summed E-state index contributed by atoms with van der Waals surface area (Å²) >= 11 is 0. The molecular weight excluding hydrogens is 322 g/mol. The molecule has 1 aromatic carbocycles. The second-order valence-electron chi connectivity index (χ2n) is 7.41. The van der Waals surface area contributed by atoms with Gasteiger partial charge >= 0.3 is 0 Å². The quantitative estimate of drug-likeness (QED) is 0.892. The first-order chi connectivity index (χ1) is 11.3. The molecule has 2 N–H and O–H groups in total. The zero-order valence-electron chi connectivity index (χ0n) is 14.5. The van der Waals surface area contributed by atoms with Crippen molar-refractivity contribution in [3.8, 4) is 0 Å². The normalized spacial score (nSPS) is 15.3. The van der Waals surface area contributed by atoms with Crippen molar-refractivity contribution in [2.24, 2.45) is 0 Å². The van der Waals surface area contributed by atoms with E-state index in [4.69, 9.17) is 0 Å². The molecule has 3 rings (SSSR count). The zero-order valence-corrected chi connectivity index (χ0v) is 15.3. The average Bonchev–Trinajstić information content (AvgIpc) is 2.95. The third-order valence-corrected chi connectivity index (χ3v) is 5.88. The van der Waals surface area contributed by atoms with Gasteiger partial charge in [0.15, 0.2) is 0 Å². The lowest BCUT2D eigenvalue weighted by Gasteiger charge is -2.19. The highest BCUT2D eigenvalue weighted by atomic mass is 32.2. The van der Waals surface area contributed by atoms with E-state index >= 15 is 0 Å². The van der Waals surface area contributed by atoms with Crippen molar-refractivity contribution in [1.82, 2.24) is 14.7 Å². The first-order valence-electron chi connectivity index (χ1n) is 8.42. The topological polar surface area (TPSA) is 74.8 Å². The van der Waals surface area contributed by atoms with Gasteiger partial charge in [0.1, 0.15) is 5.82 Å². The number of hydrogen-bond donors (Lipinski definition) is 2. The van der Waals surface area contributed by atoms with Gasteiger partial charge in [0, 0.05) is 5.69 Å². The molecule has 0 spiro atoms. The maximum Gasteiger partial charge on any atom is 0.240 e. The maximum atomic E-state index is 12.5. The second kappa shape index (κ2) is 6.33. The number of hydrogen-bond acceptors (Lipinski definition) is 3. The summed E-state index contributed by atoms with van der Waals surface area (Å²) in [5.41, 5.74) is 3.36. The van der Waals surface area contributed by atoms with Crippen molar-refractivity contribution in [3.05, 3.63) is 47.0 Å². The second-order valence-corrected chi connectivity index (χ2v) is 9.18. The minimum Gasteiger partial charge on any atom is -0.345 e. The summed E-state index contributed by atoms with van der Waals surface area (Å²) in [7, 11) is -3.53. The molecule has 5 nitrogen and oxygen atoms in total. The van der Waals surface area contributed by atoms with Crippen LogP contribution in [0.3, 0.4) is 0 Å². The molecule has 6 heteroatoms. The predicted octanol–water partition coefficient (Wildman–Crippen LogP) is 3.06. The minimum atomic E-state index is -3.53. The highest BCUT2D eigenvalue weighted by Crippen LogP contribution is 2.23. The van der Waals surface area contributed by atoms with Crippen LogP contribution in [0.15, 0.2) is 29.2 Å². The maximum absolute atomic E-state index is 12.5. The molecule has 0 atom stereocenters. The van der Waals surface area contributed by atoms with Crippen LogP contribution in [0.25, 0.3) is 0 Å². The van der Waals surface area contributed by atoms with Gasteiger partial charge in [0.25, 0.3) is 0 Å². The van der Waals surface area contributed by atoms with Gasteiger partial charge in [0.05, 0.1) is 17.1 Å². The van der Waals surface area contributed by atoms with Crippen molar-refractivity contribution < 1.29 is 8.42 Å². The molecule has 2 aromatic rings. The summed E-state index contributed by atoms with van der Waals surface area (Å²) in [5, 5.41) is 0. The summed E-state index contributed by atoms with van der Waals surface area (Å²) in [6, 6.07) is 7.08. The van der Waals surface area contributed by atoms with E-state index < -0.39 is 10.0 Å². The fourth-order valence-corrected chi connectivity index (χ4v) is 3.96. The summed E-state index contributed by atoms with van der Waals surface area (Å²) in [6.07, 6.45) is 4.31. The lowest BCUT2D eigenvalue weighted by atomic mass is 9.87. The Balaban J connectivity index is 1.70. The highest BCUT2D eigenvalue weighted by molar-refractivity contribution is 7.89. The van der Waals surface area contributed by atoms with Crippen molar-refractivity contribution >= 4 is 10.0 Å². The minimum absolute atomic E-state index is 0.00294. The molecule has 0 aliphatic heterocycles. The van der Waals surface area contributed by atoms with Crippen molar-refractivity contribution in [2.75, 3.05) is 0 Å². The monoisotopic (exact) mass is 347 g/mol. The number of nitrogens with one attached hydrogen (secondary N) is 2. The molecule has 0 fully saturated rings. The first-order valence-corrected chi connectivity index (χ1v) is 9.91. The van der Waals surface area contributed by atoms with Crippen LogP contribution in [0.2, 0.25) is 0 Å². The Morgan fingerprint density at radius 2 is 1.79 bits per heavy atom. The molecule has 0 saturated carbocycles. The van der Waals surface area contributed by atoms with Crippen LogP contribution in [-0.4, -0.2) is 18.4 Å². The molecule has 0 radical (unpaired) electrons. The van der Waals surface area contributed by atoms with E-state index in [1.54, 1.807) is 12.1 Å². The van der Waals surface area contributed by atoms with E-state index in [1.165, 1.54) is 6.42 Å². The number of fused-ring (bicyclic) bond motifs is 1. The molecule has 1 aliphatic carbocycles. The van der Waals surface area contributed by atoms with Gasteiger partial charge < -0.3 is 4.98 Å². The van der Waals surface area contributed by atoms with E-state index in [0.717, 1.165) is 36.2 Å². The fraction of sp³-hybridized carbons (Fsp3) is 0.500. The van der Waals surface area contributed by atoms with Crippen LogP contribution < -0.4 is 4.72 Å². The number of imidazole rings is 1. The smallest absolute Gasteiger partial charge is 0.240 e. The summed E-state index contributed by atoms with van der Waals surface area (Å²) < 4.78 is 27.6. The largest absolute Gasteiger partial charge is 0.345 e. The van der Waals surface area contributed by atoms with E-state index in [2.05, 4.69) is 35.5 Å². The summed E-state index contributed by atoms with van der Waals surface area (Å²) in [5.74, 6) is 0.691. The van der Waals surface area contributed by atoms with Gasteiger partial charge in [-0.2, -0.15) is 0 Å². The van der Waals surface area contributed by atoms with Gasteiger partial charge in [-0.3, -0.25) is 0 Å². The third kappa shape index (κ3) is 3.70. The predicted molar refractivity (Wildman–Crippen MR) is 94.4 cm³/mol. The molecule has 24 heavy (non-hydrogen) atoms. The van der Waals surface area contributed by atoms with Gasteiger partial charge in [-0.25, -0.2) is 18.1 Å². The Morgan fingerprint density at radius 1 is 1.12 bits per heavy atom. The number of rotatable bonds is 4. The van der Waals surface area contributed by atoms with Crippen LogP contribution >= 0.6 is 0 Å². The molecule has 1 aliphatic rings. The Morgan fingerprint density at radius 3 is 2.42 bits per heavy atom. The first kappa shape index (κ1) is 17.2. The zero-order chi connectivity index (χ0) is 17.4. The van der Waals surface area contributed by atoms with Crippen molar-refractivity contribution in [1.29, 1.82) is 0 Å². The molecule has 0 unspecified atom stereocenters. The molecular formula is C18H25N3O2S. The van der Waals surface area contributed by atoms with Crippen LogP contribution in [-0.2, 0) is 34.8 Å². The number of aromatic nitrogens is 2. The van der Waals surface area contributed by atoms with Gasteiger partial charge in [-0.05, 0) is 48.8 Å². The molecule has 1 heterocycles. The highest BCUT2D eigenvalue weighted by Gasteiger charge is 2.19. The molecule has 0 bridgehead atoms. The average molecular weight is 347 g/mol. The lowest BCUT2D eigenvalue weighted by Crippen LogP contribution is -2.24. The van der Waals surface area contributed by atoms with Crippen LogP contribution in [0.4, 0.5) is 0 Å². The van der Waals surface area contributed by atoms with E-state index in [1.807, 2.05) is 12.1 Å². The van der Waals surface area contributed by atoms with Crippen LogP contribution in [0.5, 0.6) is 0 Å². The summed E-state index contributed by atoms with van der Waals surface area (Å²) in [4.78, 5) is 8.04. The van der Waals surface area contributed by atoms with Crippen LogP contribution in [0.1, 0.15) is 56.4 Å². The number of nitrogens with zero attached hydrogens (tertiary/aromatic N) is 1. The third-order valence-electron chi connectivity index (χ3n) is 4.46. The number of H-pyrrole nitrogens is 1. The summed E-state index contributed by atoms with van der Waals surface area (Å²) in [6.45, 7) is 6.50. The molecule has 0 saturated heterocycles. The van der Waals surface area contributed by atoms with E-state index in [9.17, 15) is 8.42 Å². The van der Waals surface area contributed by atoms with Crippen molar-refractivity contribution in [3.63, 3.8) is 0 Å². The Hall–Kier alpha value is -1.66. The SMILES string of the molecule is CC(C)(C)c1ccc(S(=O)(=O)NCc2nc3c([nH]2)CCCC3)cc1. The number of benzene rings is 1. The van der Waals surface area contributed by atoms with E-state index in [-0.39, 0.29) is 16.9 Å². The number of aromatic amines is 1. The van der Waals surface area contributed by atoms with Gasteiger partial charge in [-0.15, -0.1) is 0 Å². The van der Waals surface area contributed by atoms with Crippen LogP contribution in [0, 0.1) is 0 Å². The fourth-order valence-electron chi connectivity index (χ4n) is 2.98. The van der Waals surface area contributed by atoms with Crippen molar-refractivity contribution in [2.45, 2.75) is 63.3 Å². The number of sulfonamides is 1. The van der Waals surface area contributed by atoms with E-state index in [0.29, 0.717) is 5.82 Å². The Labute approximate surface area is 144 Å².